The molecule has 29 heavy (non-hydrogen) atoms. The van der Waals surface area contributed by atoms with E-state index in [1.165, 1.54) is 5.69 Å². The van der Waals surface area contributed by atoms with Gasteiger partial charge in [-0.25, -0.2) is 0 Å². The molecule has 0 bridgehead atoms. The monoisotopic (exact) mass is 511 g/mol. The standard InChI is InChI=1S/C22H33N5O.HI/c1-17(16-27-19(3)14-18(2)25-27)15-24-22(23-4)26-12-10-21(11-13-26)28-20-8-6-5-7-9-20;/h5-9,14,17,21H,10-13,15-16H2,1-4H3,(H,23,24);1H. The van der Waals surface area contributed by atoms with Crippen molar-refractivity contribution in [3.8, 4) is 5.75 Å². The number of nitrogens with zero attached hydrogens (tertiary/aromatic N) is 4. The maximum atomic E-state index is 6.10. The largest absolute Gasteiger partial charge is 0.490 e. The molecule has 1 aromatic carbocycles. The number of likely N-dealkylation sites (tertiary alicyclic amines) is 1. The van der Waals surface area contributed by atoms with E-state index in [0.717, 1.165) is 56.4 Å². The van der Waals surface area contributed by atoms with Crippen LogP contribution in [0.25, 0.3) is 0 Å². The molecule has 0 radical (unpaired) electrons. The van der Waals surface area contributed by atoms with Crippen LogP contribution in [0.15, 0.2) is 41.4 Å². The van der Waals surface area contributed by atoms with E-state index >= 15 is 0 Å². The number of nitrogens with one attached hydrogen (secondary N) is 1. The summed E-state index contributed by atoms with van der Waals surface area (Å²) in [6, 6.07) is 12.2. The van der Waals surface area contributed by atoms with Crippen molar-refractivity contribution in [2.45, 2.75) is 46.3 Å². The third kappa shape index (κ3) is 6.90. The van der Waals surface area contributed by atoms with Gasteiger partial charge in [-0.2, -0.15) is 5.10 Å². The van der Waals surface area contributed by atoms with E-state index in [1.54, 1.807) is 0 Å². The third-order valence-corrected chi connectivity index (χ3v) is 5.20. The highest BCUT2D eigenvalue weighted by atomic mass is 127. The number of guanidine groups is 1. The minimum Gasteiger partial charge on any atom is -0.490 e. The van der Waals surface area contributed by atoms with Gasteiger partial charge in [0.1, 0.15) is 11.9 Å². The van der Waals surface area contributed by atoms with E-state index in [-0.39, 0.29) is 30.1 Å². The van der Waals surface area contributed by atoms with Crippen molar-refractivity contribution in [2.75, 3.05) is 26.7 Å². The van der Waals surface area contributed by atoms with Gasteiger partial charge in [-0.15, -0.1) is 24.0 Å². The quantitative estimate of drug-likeness (QED) is 0.364. The smallest absolute Gasteiger partial charge is 0.193 e. The first-order chi connectivity index (χ1) is 13.5. The van der Waals surface area contributed by atoms with Gasteiger partial charge in [-0.05, 0) is 38.0 Å². The number of halogens is 1. The van der Waals surface area contributed by atoms with Crippen molar-refractivity contribution >= 4 is 29.9 Å². The predicted octanol–water partition coefficient (Wildman–Crippen LogP) is 3.87. The van der Waals surface area contributed by atoms with Crippen molar-refractivity contribution < 1.29 is 4.74 Å². The number of hydrogen-bond donors (Lipinski definition) is 1. The Bertz CT molecular complexity index is 769. The summed E-state index contributed by atoms with van der Waals surface area (Å²) in [4.78, 5) is 6.82. The summed E-state index contributed by atoms with van der Waals surface area (Å²) in [7, 11) is 1.86. The second-order valence-electron chi connectivity index (χ2n) is 7.76. The molecule has 1 aliphatic heterocycles. The molecule has 1 aromatic heterocycles. The van der Waals surface area contributed by atoms with E-state index in [1.807, 2.05) is 44.3 Å². The van der Waals surface area contributed by atoms with Crippen LogP contribution in [0, 0.1) is 19.8 Å². The molecule has 0 amide bonds. The lowest BCUT2D eigenvalue weighted by Crippen LogP contribution is -2.48. The van der Waals surface area contributed by atoms with Gasteiger partial charge in [0.05, 0.1) is 5.69 Å². The topological polar surface area (TPSA) is 54.7 Å². The van der Waals surface area contributed by atoms with Gasteiger partial charge < -0.3 is 15.0 Å². The van der Waals surface area contributed by atoms with Gasteiger partial charge in [0.2, 0.25) is 0 Å². The molecule has 0 aliphatic carbocycles. The van der Waals surface area contributed by atoms with E-state index in [2.05, 4.69) is 44.9 Å². The number of hydrogen-bond acceptors (Lipinski definition) is 3. The molecule has 0 spiro atoms. The Morgan fingerprint density at radius 3 is 2.52 bits per heavy atom. The second kappa shape index (κ2) is 11.4. The number of piperidine rings is 1. The Balaban J connectivity index is 0.00000300. The SMILES string of the molecule is CN=C(NCC(C)Cn1nc(C)cc1C)N1CCC(Oc2ccccc2)CC1.I. The molecule has 3 rings (SSSR count). The normalized spacial score (nSPS) is 16.3. The lowest BCUT2D eigenvalue weighted by atomic mass is 10.1. The lowest BCUT2D eigenvalue weighted by Gasteiger charge is -2.34. The summed E-state index contributed by atoms with van der Waals surface area (Å²) < 4.78 is 8.19. The van der Waals surface area contributed by atoms with Crippen LogP contribution in [-0.2, 0) is 6.54 Å². The average molecular weight is 511 g/mol. The van der Waals surface area contributed by atoms with Crippen LogP contribution >= 0.6 is 24.0 Å². The molecule has 6 nitrogen and oxygen atoms in total. The minimum absolute atomic E-state index is 0. The van der Waals surface area contributed by atoms with Crippen LogP contribution in [0.5, 0.6) is 5.75 Å². The molecular weight excluding hydrogens is 477 g/mol. The molecule has 1 atom stereocenters. The summed E-state index contributed by atoms with van der Waals surface area (Å²) in [5.41, 5.74) is 2.29. The summed E-state index contributed by atoms with van der Waals surface area (Å²) in [5.74, 6) is 2.41. The fraction of sp³-hybridized carbons (Fsp3) is 0.545. The van der Waals surface area contributed by atoms with E-state index in [9.17, 15) is 0 Å². The van der Waals surface area contributed by atoms with Gasteiger partial charge in [0, 0.05) is 51.8 Å². The first-order valence-corrected chi connectivity index (χ1v) is 10.2. The maximum absolute atomic E-state index is 6.10. The Hall–Kier alpha value is -1.77. The molecule has 160 valence electrons. The number of para-hydroxylation sites is 1. The zero-order chi connectivity index (χ0) is 19.9. The highest BCUT2D eigenvalue weighted by Gasteiger charge is 2.23. The Morgan fingerprint density at radius 1 is 1.24 bits per heavy atom. The van der Waals surface area contributed by atoms with Crippen LogP contribution < -0.4 is 10.1 Å². The van der Waals surface area contributed by atoms with E-state index in [0.29, 0.717) is 5.92 Å². The second-order valence-corrected chi connectivity index (χ2v) is 7.76. The molecule has 1 saturated heterocycles. The Labute approximate surface area is 191 Å². The van der Waals surface area contributed by atoms with Crippen molar-refractivity contribution in [1.29, 1.82) is 0 Å². The third-order valence-electron chi connectivity index (χ3n) is 5.20. The highest BCUT2D eigenvalue weighted by molar-refractivity contribution is 14.0. The maximum Gasteiger partial charge on any atom is 0.193 e. The van der Waals surface area contributed by atoms with Gasteiger partial charge >= 0.3 is 0 Å². The first kappa shape index (κ1) is 23.5. The van der Waals surface area contributed by atoms with Crippen LogP contribution in [0.2, 0.25) is 0 Å². The average Bonchev–Trinajstić information content (AvgIpc) is 3.01. The van der Waals surface area contributed by atoms with Crippen LogP contribution in [0.3, 0.4) is 0 Å². The fourth-order valence-electron chi connectivity index (χ4n) is 3.69. The molecule has 1 N–H and O–H groups in total. The summed E-state index contributed by atoms with van der Waals surface area (Å²) >= 11 is 0. The molecule has 1 fully saturated rings. The summed E-state index contributed by atoms with van der Waals surface area (Å²) in [6.07, 6.45) is 2.30. The van der Waals surface area contributed by atoms with E-state index in [4.69, 9.17) is 4.74 Å². The number of aliphatic imine (C=N–C) groups is 1. The number of aryl methyl sites for hydroxylation is 2. The van der Waals surface area contributed by atoms with Gasteiger partial charge in [-0.3, -0.25) is 9.67 Å². The zero-order valence-corrected chi connectivity index (χ0v) is 20.3. The zero-order valence-electron chi connectivity index (χ0n) is 18.0. The molecule has 1 unspecified atom stereocenters. The van der Waals surface area contributed by atoms with Crippen molar-refractivity contribution in [3.05, 3.63) is 47.8 Å². The van der Waals surface area contributed by atoms with Gasteiger partial charge in [0.15, 0.2) is 5.96 Å². The Kier molecular flexibility index (Phi) is 9.26. The molecule has 2 heterocycles. The van der Waals surface area contributed by atoms with Crippen molar-refractivity contribution in [2.24, 2.45) is 10.9 Å². The predicted molar refractivity (Wildman–Crippen MR) is 129 cm³/mol. The van der Waals surface area contributed by atoms with Gasteiger partial charge in [0.25, 0.3) is 0 Å². The number of ether oxygens (including phenoxy) is 1. The van der Waals surface area contributed by atoms with Crippen LogP contribution in [0.1, 0.15) is 31.2 Å². The molecule has 7 heteroatoms. The van der Waals surface area contributed by atoms with Crippen molar-refractivity contribution in [1.82, 2.24) is 20.0 Å². The molecular formula is C22H34IN5O. The molecule has 2 aromatic rings. The minimum atomic E-state index is 0. The van der Waals surface area contributed by atoms with Gasteiger partial charge in [-0.1, -0.05) is 25.1 Å². The highest BCUT2D eigenvalue weighted by Crippen LogP contribution is 2.18. The number of benzene rings is 1. The fourth-order valence-corrected chi connectivity index (χ4v) is 3.69. The summed E-state index contributed by atoms with van der Waals surface area (Å²) in [6.45, 7) is 10.1. The molecule has 1 aliphatic rings. The number of rotatable bonds is 6. The molecule has 0 saturated carbocycles. The summed E-state index contributed by atoms with van der Waals surface area (Å²) in [5, 5.41) is 8.11. The first-order valence-electron chi connectivity index (χ1n) is 10.2. The lowest BCUT2D eigenvalue weighted by molar-refractivity contribution is 0.129. The Morgan fingerprint density at radius 2 is 1.93 bits per heavy atom. The van der Waals surface area contributed by atoms with Crippen LogP contribution in [0.4, 0.5) is 0 Å². The van der Waals surface area contributed by atoms with E-state index < -0.39 is 0 Å². The number of aromatic nitrogens is 2. The van der Waals surface area contributed by atoms with Crippen LogP contribution in [-0.4, -0.2) is 53.4 Å². The van der Waals surface area contributed by atoms with Crippen molar-refractivity contribution in [3.63, 3.8) is 0 Å².